The fourth-order valence-electron chi connectivity index (χ4n) is 2.67. The Labute approximate surface area is 167 Å². The van der Waals surface area contributed by atoms with Crippen LogP contribution < -0.4 is 15.7 Å². The second-order valence-electron chi connectivity index (χ2n) is 6.02. The lowest BCUT2D eigenvalue weighted by Gasteiger charge is -2.18. The molecule has 28 heavy (non-hydrogen) atoms. The Hall–Kier alpha value is -3.23. The van der Waals surface area contributed by atoms with Gasteiger partial charge in [0, 0.05) is 5.75 Å². The minimum absolute atomic E-state index is 0.0458. The van der Waals surface area contributed by atoms with E-state index in [1.165, 1.54) is 18.2 Å². The minimum atomic E-state index is -1.05. The zero-order chi connectivity index (χ0) is 20.3. The van der Waals surface area contributed by atoms with Gasteiger partial charge in [-0.15, -0.1) is 0 Å². The molecule has 0 aromatic heterocycles. The highest BCUT2D eigenvalue weighted by atomic mass is 32.1. The van der Waals surface area contributed by atoms with Crippen molar-refractivity contribution < 1.29 is 19.7 Å². The number of carbonyl (C=O) groups is 1. The SMILES string of the molecule is C=C1C=C(C(=O)O)C=C/C1=N/N(N)c1cc2cc(OCCS)ccc2cc1O. The Morgan fingerprint density at radius 2 is 2.04 bits per heavy atom. The molecule has 3 rings (SSSR count). The molecular weight excluding hydrogens is 378 g/mol. The topological polar surface area (TPSA) is 108 Å². The van der Waals surface area contributed by atoms with Crippen molar-refractivity contribution >= 4 is 40.8 Å². The number of ether oxygens (including phenoxy) is 1. The molecule has 8 heteroatoms. The molecule has 1 aliphatic rings. The van der Waals surface area contributed by atoms with Gasteiger partial charge in [0.15, 0.2) is 0 Å². The van der Waals surface area contributed by atoms with Crippen LogP contribution in [0.4, 0.5) is 5.69 Å². The maximum Gasteiger partial charge on any atom is 0.335 e. The molecule has 0 unspecified atom stereocenters. The van der Waals surface area contributed by atoms with E-state index in [0.29, 0.717) is 29.4 Å². The molecule has 0 bridgehead atoms. The summed E-state index contributed by atoms with van der Waals surface area (Å²) in [5, 5.41) is 26.2. The van der Waals surface area contributed by atoms with Crippen LogP contribution in [0.2, 0.25) is 0 Å². The molecule has 2 aromatic rings. The van der Waals surface area contributed by atoms with E-state index in [-0.39, 0.29) is 17.0 Å². The Bertz CT molecular complexity index is 1040. The van der Waals surface area contributed by atoms with Gasteiger partial charge in [0.2, 0.25) is 0 Å². The number of rotatable bonds is 6. The Balaban J connectivity index is 1.92. The molecule has 7 nitrogen and oxygen atoms in total. The summed E-state index contributed by atoms with van der Waals surface area (Å²) in [5.41, 5.74) is 1.17. The van der Waals surface area contributed by atoms with Crippen LogP contribution in [-0.2, 0) is 4.79 Å². The average Bonchev–Trinajstić information content (AvgIpc) is 2.67. The second kappa shape index (κ2) is 8.20. The smallest absolute Gasteiger partial charge is 0.335 e. The van der Waals surface area contributed by atoms with Gasteiger partial charge in [-0.3, -0.25) is 0 Å². The summed E-state index contributed by atoms with van der Waals surface area (Å²) in [5.74, 6) is 6.21. The lowest BCUT2D eigenvalue weighted by atomic mass is 10.0. The Morgan fingerprint density at radius 1 is 1.25 bits per heavy atom. The fraction of sp³-hybridized carbons (Fsp3) is 0.100. The van der Waals surface area contributed by atoms with Crippen LogP contribution in [0.3, 0.4) is 0 Å². The number of hydrogen-bond donors (Lipinski definition) is 4. The van der Waals surface area contributed by atoms with Crippen LogP contribution in [0, 0.1) is 0 Å². The molecule has 0 spiro atoms. The summed E-state index contributed by atoms with van der Waals surface area (Å²) in [6, 6.07) is 8.76. The highest BCUT2D eigenvalue weighted by Gasteiger charge is 2.15. The summed E-state index contributed by atoms with van der Waals surface area (Å²) in [4.78, 5) is 11.0. The average molecular weight is 397 g/mol. The van der Waals surface area contributed by atoms with Crippen molar-refractivity contribution in [3.8, 4) is 11.5 Å². The van der Waals surface area contributed by atoms with E-state index in [4.69, 9.17) is 15.7 Å². The molecule has 0 saturated heterocycles. The molecular formula is C20H19N3O4S. The molecule has 144 valence electrons. The van der Waals surface area contributed by atoms with Crippen molar-refractivity contribution in [3.05, 3.63) is 66.3 Å². The van der Waals surface area contributed by atoms with Gasteiger partial charge in [0.25, 0.3) is 0 Å². The molecule has 0 amide bonds. The minimum Gasteiger partial charge on any atom is -0.506 e. The highest BCUT2D eigenvalue weighted by molar-refractivity contribution is 7.80. The first-order valence-corrected chi connectivity index (χ1v) is 8.98. The number of hydrogen-bond acceptors (Lipinski definition) is 7. The van der Waals surface area contributed by atoms with E-state index >= 15 is 0 Å². The Kier molecular flexibility index (Phi) is 5.72. The van der Waals surface area contributed by atoms with Crippen molar-refractivity contribution in [3.63, 3.8) is 0 Å². The first-order valence-electron chi connectivity index (χ1n) is 8.35. The summed E-state index contributed by atoms with van der Waals surface area (Å²) in [6.07, 6.45) is 4.32. The number of benzene rings is 2. The molecule has 0 fully saturated rings. The number of anilines is 1. The van der Waals surface area contributed by atoms with E-state index in [2.05, 4.69) is 24.3 Å². The zero-order valence-electron chi connectivity index (χ0n) is 14.9. The van der Waals surface area contributed by atoms with E-state index in [1.807, 2.05) is 18.2 Å². The quantitative estimate of drug-likeness (QED) is 0.339. The third kappa shape index (κ3) is 4.19. The lowest BCUT2D eigenvalue weighted by molar-refractivity contribution is -0.132. The van der Waals surface area contributed by atoms with E-state index in [0.717, 1.165) is 15.9 Å². The third-order valence-corrected chi connectivity index (χ3v) is 4.24. The van der Waals surface area contributed by atoms with Gasteiger partial charge in [-0.1, -0.05) is 12.6 Å². The number of carboxylic acids is 1. The van der Waals surface area contributed by atoms with Crippen molar-refractivity contribution in [1.29, 1.82) is 0 Å². The molecule has 1 aliphatic carbocycles. The number of aromatic hydroxyl groups is 1. The van der Waals surface area contributed by atoms with Crippen LogP contribution in [0.5, 0.6) is 11.5 Å². The van der Waals surface area contributed by atoms with Gasteiger partial charge in [-0.25, -0.2) is 10.6 Å². The predicted molar refractivity (Wildman–Crippen MR) is 113 cm³/mol. The highest BCUT2D eigenvalue weighted by Crippen LogP contribution is 2.33. The second-order valence-corrected chi connectivity index (χ2v) is 6.46. The number of hydrazone groups is 1. The maximum atomic E-state index is 11.0. The largest absolute Gasteiger partial charge is 0.506 e. The lowest BCUT2D eigenvalue weighted by Crippen LogP contribution is -2.26. The molecule has 4 N–H and O–H groups in total. The van der Waals surface area contributed by atoms with E-state index in [1.54, 1.807) is 12.1 Å². The normalized spacial score (nSPS) is 15.0. The predicted octanol–water partition coefficient (Wildman–Crippen LogP) is 3.03. The molecule has 2 aromatic carbocycles. The standard InChI is InChI=1S/C20H19N3O4S/c1-12-8-14(20(25)26)3-5-17(12)22-23(21)18-10-15-9-16(27-6-7-28)4-2-13(15)11-19(18)24/h2-5,8-11,24,28H,1,6-7,21H2,(H,25,26)/b22-17-. The summed E-state index contributed by atoms with van der Waals surface area (Å²) >= 11 is 4.12. The first kappa shape index (κ1) is 19.5. The zero-order valence-corrected chi connectivity index (χ0v) is 15.8. The molecule has 0 heterocycles. The van der Waals surface area contributed by atoms with Gasteiger partial charge >= 0.3 is 5.97 Å². The van der Waals surface area contributed by atoms with Gasteiger partial charge in [-0.05, 0) is 58.8 Å². The monoisotopic (exact) mass is 397 g/mol. The summed E-state index contributed by atoms with van der Waals surface area (Å²) in [7, 11) is 0. The molecule has 0 atom stereocenters. The van der Waals surface area contributed by atoms with Crippen LogP contribution in [0.1, 0.15) is 0 Å². The van der Waals surface area contributed by atoms with Gasteiger partial charge in [0.1, 0.15) is 17.2 Å². The van der Waals surface area contributed by atoms with Crippen LogP contribution in [-0.4, -0.2) is 34.3 Å². The van der Waals surface area contributed by atoms with Crippen LogP contribution in [0.25, 0.3) is 10.8 Å². The van der Waals surface area contributed by atoms with Crippen LogP contribution in [0.15, 0.2) is 71.4 Å². The maximum absolute atomic E-state index is 11.0. The number of thiol groups is 1. The van der Waals surface area contributed by atoms with Crippen molar-refractivity contribution in [2.45, 2.75) is 0 Å². The third-order valence-electron chi connectivity index (χ3n) is 4.05. The number of allylic oxidation sites excluding steroid dienone is 3. The molecule has 0 radical (unpaired) electrons. The van der Waals surface area contributed by atoms with Gasteiger partial charge in [-0.2, -0.15) is 22.8 Å². The van der Waals surface area contributed by atoms with Crippen LogP contribution >= 0.6 is 12.6 Å². The molecule has 0 saturated carbocycles. The number of aliphatic carboxylic acids is 1. The van der Waals surface area contributed by atoms with E-state index in [9.17, 15) is 9.90 Å². The number of phenols is 1. The first-order chi connectivity index (χ1) is 13.4. The number of hydrazine groups is 1. The Morgan fingerprint density at radius 3 is 2.71 bits per heavy atom. The van der Waals surface area contributed by atoms with Gasteiger partial charge < -0.3 is 14.9 Å². The number of fused-ring (bicyclic) bond motifs is 1. The number of phenolic OH excluding ortho intramolecular Hbond substituents is 1. The summed E-state index contributed by atoms with van der Waals surface area (Å²) < 4.78 is 5.57. The number of nitrogens with two attached hydrogens (primary N) is 1. The van der Waals surface area contributed by atoms with Crippen molar-refractivity contribution in [2.75, 3.05) is 17.5 Å². The molecule has 0 aliphatic heterocycles. The number of carboxylic acid groups (broad SMARTS) is 1. The summed E-state index contributed by atoms with van der Waals surface area (Å²) in [6.45, 7) is 4.28. The fourth-order valence-corrected chi connectivity index (χ4v) is 2.77. The number of nitrogens with zero attached hydrogens (tertiary/aromatic N) is 2. The van der Waals surface area contributed by atoms with Crippen molar-refractivity contribution in [2.24, 2.45) is 10.9 Å². The van der Waals surface area contributed by atoms with Crippen molar-refractivity contribution in [1.82, 2.24) is 0 Å². The van der Waals surface area contributed by atoms with Gasteiger partial charge in [0.05, 0.1) is 17.9 Å². The van der Waals surface area contributed by atoms with E-state index < -0.39 is 5.97 Å².